The van der Waals surface area contributed by atoms with E-state index in [1.54, 1.807) is 0 Å². The highest BCUT2D eigenvalue weighted by molar-refractivity contribution is 6.47. The van der Waals surface area contributed by atoms with Crippen molar-refractivity contribution in [3.8, 4) is 0 Å². The molecule has 21 heavy (non-hydrogen) atoms. The third-order valence-electron chi connectivity index (χ3n) is 3.15. The van der Waals surface area contributed by atoms with E-state index >= 15 is 0 Å². The predicted molar refractivity (Wildman–Crippen MR) is 79.1 cm³/mol. The fourth-order valence-corrected chi connectivity index (χ4v) is 2.66. The van der Waals surface area contributed by atoms with Gasteiger partial charge in [0, 0.05) is 34.5 Å². The number of nitro benzene ring substituents is 2. The van der Waals surface area contributed by atoms with E-state index in [0.717, 1.165) is 0 Å². The highest BCUT2D eigenvalue weighted by Crippen LogP contribution is 2.41. The Morgan fingerprint density at radius 3 is 2.29 bits per heavy atom. The standard InChI is InChI=1S/C12H5Cl2N3O4/c13-10-9(17(20)21)4-7-6-3-5(16(18)19)1-2-8(6)15-12(7)11(10)14/h1-4,15H. The molecule has 0 aliphatic carbocycles. The van der Waals surface area contributed by atoms with Crippen LogP contribution in [0.25, 0.3) is 21.8 Å². The topological polar surface area (TPSA) is 102 Å². The van der Waals surface area contributed by atoms with Gasteiger partial charge in [-0.15, -0.1) is 0 Å². The molecule has 3 rings (SSSR count). The molecule has 0 radical (unpaired) electrons. The van der Waals surface area contributed by atoms with Crippen molar-refractivity contribution in [2.45, 2.75) is 0 Å². The molecule has 0 bridgehead atoms. The predicted octanol–water partition coefficient (Wildman–Crippen LogP) is 4.44. The number of nitrogens with one attached hydrogen (secondary N) is 1. The SMILES string of the molecule is O=[N+]([O-])c1ccc2[nH]c3c(Cl)c(Cl)c([N+](=O)[O-])cc3c2c1. The zero-order chi connectivity index (χ0) is 15.3. The third kappa shape index (κ3) is 1.98. The van der Waals surface area contributed by atoms with Crippen LogP contribution in [0.3, 0.4) is 0 Å². The molecule has 1 N–H and O–H groups in total. The van der Waals surface area contributed by atoms with Crippen molar-refractivity contribution >= 4 is 56.4 Å². The number of hydrogen-bond donors (Lipinski definition) is 1. The van der Waals surface area contributed by atoms with Gasteiger partial charge in [0.25, 0.3) is 11.4 Å². The molecule has 3 aromatic rings. The maximum atomic E-state index is 11.0. The summed E-state index contributed by atoms with van der Waals surface area (Å²) >= 11 is 11.9. The molecule has 0 aliphatic heterocycles. The van der Waals surface area contributed by atoms with Gasteiger partial charge in [0.1, 0.15) is 5.02 Å². The molecule has 0 atom stereocenters. The Morgan fingerprint density at radius 2 is 1.67 bits per heavy atom. The van der Waals surface area contributed by atoms with E-state index in [9.17, 15) is 20.2 Å². The lowest BCUT2D eigenvalue weighted by Crippen LogP contribution is -1.90. The van der Waals surface area contributed by atoms with Gasteiger partial charge in [0.05, 0.1) is 20.4 Å². The van der Waals surface area contributed by atoms with E-state index in [2.05, 4.69) is 4.98 Å². The van der Waals surface area contributed by atoms with Crippen LogP contribution in [0.4, 0.5) is 11.4 Å². The van der Waals surface area contributed by atoms with Crippen LogP contribution >= 0.6 is 23.2 Å². The molecule has 9 heteroatoms. The van der Waals surface area contributed by atoms with Gasteiger partial charge in [-0.25, -0.2) is 0 Å². The first kappa shape index (κ1) is 13.6. The van der Waals surface area contributed by atoms with Crippen LogP contribution in [-0.4, -0.2) is 14.8 Å². The van der Waals surface area contributed by atoms with Crippen molar-refractivity contribution in [2.24, 2.45) is 0 Å². The second kappa shape index (κ2) is 4.57. The summed E-state index contributed by atoms with van der Waals surface area (Å²) in [4.78, 5) is 23.6. The van der Waals surface area contributed by atoms with E-state index in [4.69, 9.17) is 23.2 Å². The number of fused-ring (bicyclic) bond motifs is 3. The van der Waals surface area contributed by atoms with Crippen molar-refractivity contribution in [1.82, 2.24) is 4.98 Å². The minimum absolute atomic E-state index is 0.0136. The molecule has 0 aliphatic rings. The number of rotatable bonds is 2. The van der Waals surface area contributed by atoms with E-state index in [1.165, 1.54) is 24.3 Å². The van der Waals surface area contributed by atoms with Gasteiger partial charge in [-0.3, -0.25) is 20.2 Å². The van der Waals surface area contributed by atoms with E-state index in [0.29, 0.717) is 21.8 Å². The summed E-state index contributed by atoms with van der Waals surface area (Å²) in [6.45, 7) is 0. The summed E-state index contributed by atoms with van der Waals surface area (Å²) in [7, 11) is 0. The van der Waals surface area contributed by atoms with Crippen LogP contribution in [-0.2, 0) is 0 Å². The average molecular weight is 326 g/mol. The fourth-order valence-electron chi connectivity index (χ4n) is 2.19. The second-order valence-electron chi connectivity index (χ2n) is 4.32. The van der Waals surface area contributed by atoms with Crippen LogP contribution in [0.15, 0.2) is 24.3 Å². The first-order valence-corrected chi connectivity index (χ1v) is 6.38. The van der Waals surface area contributed by atoms with Gasteiger partial charge in [-0.2, -0.15) is 0 Å². The number of nitro groups is 2. The summed E-state index contributed by atoms with van der Waals surface area (Å²) in [5.74, 6) is 0. The normalized spacial score (nSPS) is 11.1. The van der Waals surface area contributed by atoms with Crippen molar-refractivity contribution < 1.29 is 9.85 Å². The lowest BCUT2D eigenvalue weighted by molar-refractivity contribution is -0.384. The third-order valence-corrected chi connectivity index (χ3v) is 4.01. The quantitative estimate of drug-likeness (QED) is 0.555. The lowest BCUT2D eigenvalue weighted by atomic mass is 10.1. The summed E-state index contributed by atoms with van der Waals surface area (Å²) in [6.07, 6.45) is 0. The fraction of sp³-hybridized carbons (Fsp3) is 0. The molecule has 0 spiro atoms. The Morgan fingerprint density at radius 1 is 0.952 bits per heavy atom. The number of halogens is 2. The Kier molecular flexibility index (Phi) is 2.96. The monoisotopic (exact) mass is 325 g/mol. The minimum Gasteiger partial charge on any atom is -0.353 e. The van der Waals surface area contributed by atoms with Gasteiger partial charge in [-0.1, -0.05) is 23.2 Å². The average Bonchev–Trinajstić information content (AvgIpc) is 2.80. The smallest absolute Gasteiger partial charge is 0.290 e. The molecule has 0 amide bonds. The molecule has 0 saturated carbocycles. The maximum Gasteiger partial charge on any atom is 0.290 e. The lowest BCUT2D eigenvalue weighted by Gasteiger charge is -2.00. The Balaban J connectivity index is 2.47. The van der Waals surface area contributed by atoms with E-state index < -0.39 is 9.85 Å². The number of benzene rings is 2. The largest absolute Gasteiger partial charge is 0.353 e. The number of hydrogen-bond acceptors (Lipinski definition) is 4. The number of aromatic amines is 1. The Bertz CT molecular complexity index is 935. The molecule has 106 valence electrons. The number of nitrogens with zero attached hydrogens (tertiary/aromatic N) is 2. The second-order valence-corrected chi connectivity index (χ2v) is 5.07. The summed E-state index contributed by atoms with van der Waals surface area (Å²) in [5, 5.41) is 22.6. The Labute approximate surface area is 126 Å². The van der Waals surface area contributed by atoms with Gasteiger partial charge in [0.15, 0.2) is 0 Å². The molecular weight excluding hydrogens is 321 g/mol. The maximum absolute atomic E-state index is 11.0. The minimum atomic E-state index is -0.649. The number of aromatic nitrogens is 1. The van der Waals surface area contributed by atoms with Crippen LogP contribution in [0.1, 0.15) is 0 Å². The van der Waals surface area contributed by atoms with Gasteiger partial charge in [0.2, 0.25) is 0 Å². The zero-order valence-electron chi connectivity index (χ0n) is 10.1. The highest BCUT2D eigenvalue weighted by atomic mass is 35.5. The molecule has 0 saturated heterocycles. The molecule has 2 aromatic carbocycles. The summed E-state index contributed by atoms with van der Waals surface area (Å²) < 4.78 is 0. The highest BCUT2D eigenvalue weighted by Gasteiger charge is 2.22. The van der Waals surface area contributed by atoms with Gasteiger partial charge in [-0.05, 0) is 6.07 Å². The molecule has 1 heterocycles. The summed E-state index contributed by atoms with van der Waals surface area (Å²) in [6, 6.07) is 5.44. The first-order chi connectivity index (χ1) is 9.90. The van der Waals surface area contributed by atoms with Crippen LogP contribution in [0.5, 0.6) is 0 Å². The van der Waals surface area contributed by atoms with Crippen LogP contribution in [0, 0.1) is 20.2 Å². The molecular formula is C12H5Cl2N3O4. The van der Waals surface area contributed by atoms with Crippen LogP contribution < -0.4 is 0 Å². The van der Waals surface area contributed by atoms with Crippen molar-refractivity contribution in [3.05, 3.63) is 54.5 Å². The number of non-ortho nitro benzene ring substituents is 1. The van der Waals surface area contributed by atoms with Crippen molar-refractivity contribution in [3.63, 3.8) is 0 Å². The molecule has 7 nitrogen and oxygen atoms in total. The molecule has 0 fully saturated rings. The molecule has 0 unspecified atom stereocenters. The van der Waals surface area contributed by atoms with Crippen molar-refractivity contribution in [1.29, 1.82) is 0 Å². The summed E-state index contributed by atoms with van der Waals surface area (Å²) in [5.41, 5.74) is 0.524. The van der Waals surface area contributed by atoms with Gasteiger partial charge >= 0.3 is 0 Å². The van der Waals surface area contributed by atoms with E-state index in [-0.39, 0.29) is 21.4 Å². The van der Waals surface area contributed by atoms with Crippen LogP contribution in [0.2, 0.25) is 10.0 Å². The zero-order valence-corrected chi connectivity index (χ0v) is 11.6. The van der Waals surface area contributed by atoms with Gasteiger partial charge < -0.3 is 4.98 Å². The van der Waals surface area contributed by atoms with E-state index in [1.807, 2.05) is 0 Å². The molecule has 1 aromatic heterocycles. The Hall–Kier alpha value is -2.38. The first-order valence-electron chi connectivity index (χ1n) is 5.62. The van der Waals surface area contributed by atoms with Crippen molar-refractivity contribution in [2.75, 3.05) is 0 Å². The number of H-pyrrole nitrogens is 1.